The van der Waals surface area contributed by atoms with Gasteiger partial charge in [-0.15, -0.1) is 0 Å². The zero-order valence-electron chi connectivity index (χ0n) is 15.1. The summed E-state index contributed by atoms with van der Waals surface area (Å²) in [4.78, 5) is 25.5. The van der Waals surface area contributed by atoms with Crippen LogP contribution in [0.5, 0.6) is 0 Å². The highest BCUT2D eigenvalue weighted by Crippen LogP contribution is 2.50. The summed E-state index contributed by atoms with van der Waals surface area (Å²) in [5.74, 6) is -0.927. The van der Waals surface area contributed by atoms with Crippen molar-refractivity contribution >= 4 is 11.6 Å². The third-order valence-corrected chi connectivity index (χ3v) is 5.24. The lowest BCUT2D eigenvalue weighted by Gasteiger charge is -2.27. The fourth-order valence-electron chi connectivity index (χ4n) is 3.83. The van der Waals surface area contributed by atoms with Crippen LogP contribution in [-0.4, -0.2) is 11.6 Å². The van der Waals surface area contributed by atoms with Gasteiger partial charge in [-0.3, -0.25) is 9.59 Å². The molecule has 2 nitrogen and oxygen atoms in total. The minimum absolute atomic E-state index is 0.420. The Morgan fingerprint density at radius 2 is 1.21 bits per heavy atom. The highest BCUT2D eigenvalue weighted by molar-refractivity contribution is 6.50. The first kappa shape index (κ1) is 16.4. The quantitative estimate of drug-likeness (QED) is 0.288. The molecule has 2 heteroatoms. The molecule has 1 aliphatic carbocycles. The van der Waals surface area contributed by atoms with Crippen molar-refractivity contribution in [3.63, 3.8) is 0 Å². The molecule has 0 aliphatic heterocycles. The second-order valence-electron chi connectivity index (χ2n) is 6.88. The third kappa shape index (κ3) is 2.50. The summed E-state index contributed by atoms with van der Waals surface area (Å²) >= 11 is 0. The lowest BCUT2D eigenvalue weighted by Crippen LogP contribution is -2.17. The van der Waals surface area contributed by atoms with E-state index in [0.29, 0.717) is 11.1 Å². The third-order valence-electron chi connectivity index (χ3n) is 5.24. The van der Waals surface area contributed by atoms with Crippen LogP contribution >= 0.6 is 0 Å². The van der Waals surface area contributed by atoms with Gasteiger partial charge in [-0.2, -0.15) is 0 Å². The van der Waals surface area contributed by atoms with Crippen LogP contribution in [0, 0.1) is 0 Å². The molecule has 0 saturated carbocycles. The number of carbonyl (C=O) groups is 2. The number of hydrogen-bond acceptors (Lipinski definition) is 2. The second-order valence-corrected chi connectivity index (χ2v) is 6.88. The number of fused-ring (bicyclic) bond motifs is 4. The second kappa shape index (κ2) is 6.43. The van der Waals surface area contributed by atoms with Gasteiger partial charge in [0, 0.05) is 16.7 Å². The van der Waals surface area contributed by atoms with Gasteiger partial charge in [-0.05, 0) is 33.9 Å². The average Bonchev–Trinajstić information content (AvgIpc) is 2.77. The van der Waals surface area contributed by atoms with E-state index >= 15 is 0 Å². The summed E-state index contributed by atoms with van der Waals surface area (Å²) < 4.78 is 0. The molecule has 0 unspecified atom stereocenters. The highest BCUT2D eigenvalue weighted by Gasteiger charge is 2.30. The van der Waals surface area contributed by atoms with E-state index in [1.807, 2.05) is 42.5 Å². The largest absolute Gasteiger partial charge is 0.285 e. The molecule has 0 saturated heterocycles. The van der Waals surface area contributed by atoms with E-state index < -0.39 is 11.6 Å². The first-order chi connectivity index (χ1) is 13.7. The Labute approximate surface area is 163 Å². The molecule has 0 heterocycles. The van der Waals surface area contributed by atoms with Crippen LogP contribution in [0.1, 0.15) is 20.7 Å². The fraction of sp³-hybridized carbons (Fsp3) is 0. The SMILES string of the molecule is O=C(C(=O)c1cccc2c1-c1ccc(-c3ccccc3)cc1-2)c1ccccc1. The molecule has 0 spiro atoms. The van der Waals surface area contributed by atoms with Gasteiger partial charge < -0.3 is 0 Å². The van der Waals surface area contributed by atoms with Crippen molar-refractivity contribution < 1.29 is 9.59 Å². The van der Waals surface area contributed by atoms with E-state index in [4.69, 9.17) is 0 Å². The molecule has 0 amide bonds. The Morgan fingerprint density at radius 1 is 0.500 bits per heavy atom. The highest BCUT2D eigenvalue weighted by atomic mass is 16.2. The summed E-state index contributed by atoms with van der Waals surface area (Å²) in [6, 6.07) is 30.8. The number of benzene rings is 4. The Morgan fingerprint density at radius 3 is 1.96 bits per heavy atom. The fourth-order valence-corrected chi connectivity index (χ4v) is 3.83. The first-order valence-electron chi connectivity index (χ1n) is 9.21. The smallest absolute Gasteiger partial charge is 0.234 e. The number of ketones is 2. The van der Waals surface area contributed by atoms with Crippen molar-refractivity contribution in [1.82, 2.24) is 0 Å². The zero-order valence-corrected chi connectivity index (χ0v) is 15.1. The molecule has 28 heavy (non-hydrogen) atoms. The number of carbonyl (C=O) groups excluding carboxylic acids is 2. The van der Waals surface area contributed by atoms with Gasteiger partial charge in [0.05, 0.1) is 0 Å². The van der Waals surface area contributed by atoms with Crippen LogP contribution < -0.4 is 0 Å². The molecular formula is C26H16O2. The molecule has 1 aliphatic rings. The normalized spacial score (nSPS) is 11.1. The summed E-state index contributed by atoms with van der Waals surface area (Å²) in [6.45, 7) is 0. The van der Waals surface area contributed by atoms with Gasteiger partial charge in [-0.1, -0.05) is 91.0 Å². The van der Waals surface area contributed by atoms with Crippen molar-refractivity contribution in [2.45, 2.75) is 0 Å². The molecule has 0 N–H and O–H groups in total. The monoisotopic (exact) mass is 360 g/mol. The van der Waals surface area contributed by atoms with E-state index in [2.05, 4.69) is 24.3 Å². The molecule has 0 radical (unpaired) electrons. The Hall–Kier alpha value is -3.78. The summed E-state index contributed by atoms with van der Waals surface area (Å²) in [6.07, 6.45) is 0. The van der Waals surface area contributed by atoms with Gasteiger partial charge in [-0.25, -0.2) is 0 Å². The Kier molecular flexibility index (Phi) is 3.77. The molecule has 4 aromatic rings. The average molecular weight is 360 g/mol. The number of hydrogen-bond donors (Lipinski definition) is 0. The maximum Gasteiger partial charge on any atom is 0.234 e. The van der Waals surface area contributed by atoms with Crippen LogP contribution in [0.4, 0.5) is 0 Å². The van der Waals surface area contributed by atoms with Crippen molar-refractivity contribution in [2.75, 3.05) is 0 Å². The van der Waals surface area contributed by atoms with E-state index in [1.54, 1.807) is 30.3 Å². The number of rotatable bonds is 4. The summed E-state index contributed by atoms with van der Waals surface area (Å²) in [5, 5.41) is 0. The Bertz CT molecular complexity index is 1220. The molecule has 4 aromatic carbocycles. The first-order valence-corrected chi connectivity index (χ1v) is 9.21. The van der Waals surface area contributed by atoms with Gasteiger partial charge in [0.15, 0.2) is 0 Å². The lowest BCUT2D eigenvalue weighted by atomic mass is 9.75. The van der Waals surface area contributed by atoms with Crippen LogP contribution in [0.2, 0.25) is 0 Å². The standard InChI is InChI=1S/C26H16O2/c27-25(18-10-5-2-6-11-18)26(28)22-13-7-12-20-23-16-19(14-15-21(23)24(20)22)17-8-3-1-4-9-17/h1-16H. The van der Waals surface area contributed by atoms with Crippen molar-refractivity contribution in [2.24, 2.45) is 0 Å². The minimum atomic E-state index is -0.469. The lowest BCUT2D eigenvalue weighted by molar-refractivity contribution is 0.0817. The van der Waals surface area contributed by atoms with E-state index in [0.717, 1.165) is 33.4 Å². The van der Waals surface area contributed by atoms with Gasteiger partial charge in [0.2, 0.25) is 11.6 Å². The van der Waals surface area contributed by atoms with Gasteiger partial charge >= 0.3 is 0 Å². The van der Waals surface area contributed by atoms with Crippen molar-refractivity contribution in [1.29, 1.82) is 0 Å². The van der Waals surface area contributed by atoms with Gasteiger partial charge in [0.1, 0.15) is 0 Å². The maximum atomic E-state index is 12.9. The number of Topliss-reactive ketones (excluding diaryl/α,β-unsaturated/α-hetero) is 2. The maximum absolute atomic E-state index is 12.9. The van der Waals surface area contributed by atoms with Crippen molar-refractivity contribution in [3.8, 4) is 33.4 Å². The molecule has 0 atom stereocenters. The summed E-state index contributed by atoms with van der Waals surface area (Å²) in [7, 11) is 0. The van der Waals surface area contributed by atoms with Crippen LogP contribution in [0.15, 0.2) is 97.1 Å². The zero-order chi connectivity index (χ0) is 19.1. The van der Waals surface area contributed by atoms with E-state index in [-0.39, 0.29) is 0 Å². The Balaban J connectivity index is 1.54. The predicted molar refractivity (Wildman–Crippen MR) is 111 cm³/mol. The van der Waals surface area contributed by atoms with Crippen LogP contribution in [0.3, 0.4) is 0 Å². The van der Waals surface area contributed by atoms with Crippen LogP contribution in [0.25, 0.3) is 33.4 Å². The molecule has 0 bridgehead atoms. The molecule has 0 aromatic heterocycles. The topological polar surface area (TPSA) is 34.1 Å². The molecular weight excluding hydrogens is 344 g/mol. The molecule has 5 rings (SSSR count). The van der Waals surface area contributed by atoms with E-state index in [1.165, 1.54) is 0 Å². The van der Waals surface area contributed by atoms with Crippen molar-refractivity contribution in [3.05, 3.63) is 108 Å². The predicted octanol–water partition coefficient (Wildman–Crippen LogP) is 6.07. The van der Waals surface area contributed by atoms with E-state index in [9.17, 15) is 9.59 Å². The molecule has 0 fully saturated rings. The van der Waals surface area contributed by atoms with Gasteiger partial charge in [0.25, 0.3) is 0 Å². The molecule has 132 valence electrons. The van der Waals surface area contributed by atoms with Crippen LogP contribution in [-0.2, 0) is 0 Å². The summed E-state index contributed by atoms with van der Waals surface area (Å²) in [5.41, 5.74) is 7.26. The minimum Gasteiger partial charge on any atom is -0.285 e.